The van der Waals surface area contributed by atoms with Gasteiger partial charge in [-0.3, -0.25) is 10.2 Å². The maximum Gasteiger partial charge on any atom is 0.344 e. The molecule has 0 radical (unpaired) electrons. The minimum Gasteiger partial charge on any atom is -0.493 e. The summed E-state index contributed by atoms with van der Waals surface area (Å²) in [4.78, 5) is 27.2. The topological polar surface area (TPSA) is 108 Å². The van der Waals surface area contributed by atoms with Crippen molar-refractivity contribution < 1.29 is 28.5 Å². The van der Waals surface area contributed by atoms with Crippen molar-refractivity contribution in [1.29, 1.82) is 0 Å². The summed E-state index contributed by atoms with van der Waals surface area (Å²) in [5, 5.41) is 6.65. The third-order valence-corrected chi connectivity index (χ3v) is 4.52. The van der Waals surface area contributed by atoms with Crippen LogP contribution in [-0.2, 0) is 25.5 Å². The first-order chi connectivity index (χ1) is 14.5. The van der Waals surface area contributed by atoms with Crippen molar-refractivity contribution in [1.82, 2.24) is 4.98 Å². The van der Waals surface area contributed by atoms with Gasteiger partial charge in [-0.1, -0.05) is 11.6 Å². The summed E-state index contributed by atoms with van der Waals surface area (Å²) in [5.74, 6) is -0.249. The lowest BCUT2D eigenvalue weighted by atomic mass is 10.2. The molecule has 0 unspecified atom stereocenters. The van der Waals surface area contributed by atoms with E-state index in [2.05, 4.69) is 15.5 Å². The van der Waals surface area contributed by atoms with Crippen molar-refractivity contribution >= 4 is 46.2 Å². The zero-order valence-electron chi connectivity index (χ0n) is 16.8. The highest BCUT2D eigenvalue weighted by molar-refractivity contribution is 7.13. The Hall–Kier alpha value is -2.85. The fourth-order valence-electron chi connectivity index (χ4n) is 2.25. The van der Waals surface area contributed by atoms with Crippen LogP contribution in [0.4, 0.5) is 5.13 Å². The third-order valence-electron chi connectivity index (χ3n) is 3.45. The Morgan fingerprint density at radius 2 is 1.97 bits per heavy atom. The molecule has 0 saturated heterocycles. The van der Waals surface area contributed by atoms with Crippen LogP contribution in [0, 0.1) is 0 Å². The number of carbonyl (C=O) groups is 2. The molecule has 9 nitrogen and oxygen atoms in total. The van der Waals surface area contributed by atoms with E-state index in [4.69, 9.17) is 30.5 Å². The van der Waals surface area contributed by atoms with E-state index < -0.39 is 5.97 Å². The summed E-state index contributed by atoms with van der Waals surface area (Å²) in [7, 11) is 1.46. The fourth-order valence-corrected chi connectivity index (χ4v) is 3.18. The zero-order chi connectivity index (χ0) is 21.9. The monoisotopic (exact) mass is 455 g/mol. The van der Waals surface area contributed by atoms with E-state index in [1.807, 2.05) is 0 Å². The van der Waals surface area contributed by atoms with Crippen LogP contribution in [-0.4, -0.2) is 50.1 Å². The maximum absolute atomic E-state index is 11.5. The molecule has 0 atom stereocenters. The molecular weight excluding hydrogens is 434 g/mol. The number of anilines is 1. The van der Waals surface area contributed by atoms with Gasteiger partial charge in [-0.25, -0.2) is 9.78 Å². The average Bonchev–Trinajstić information content (AvgIpc) is 3.14. The molecule has 0 amide bonds. The van der Waals surface area contributed by atoms with Crippen LogP contribution in [0.15, 0.2) is 22.6 Å². The van der Waals surface area contributed by atoms with Gasteiger partial charge in [0, 0.05) is 5.38 Å². The number of halogens is 1. The Kier molecular flexibility index (Phi) is 9.36. The van der Waals surface area contributed by atoms with Crippen molar-refractivity contribution in [2.24, 2.45) is 5.10 Å². The number of hydrogen-bond acceptors (Lipinski definition) is 10. The number of carbonyl (C=O) groups excluding carboxylic acids is 2. The van der Waals surface area contributed by atoms with Crippen LogP contribution in [0.1, 0.15) is 25.1 Å². The molecule has 1 aromatic carbocycles. The second-order valence-electron chi connectivity index (χ2n) is 5.62. The SMILES string of the molecule is CCOC(=O)COc1c(Cl)cc(C=NNc2nc(CC(=O)OCC)cs2)cc1OC. The van der Waals surface area contributed by atoms with E-state index in [-0.39, 0.29) is 36.4 Å². The number of methoxy groups -OCH3 is 1. The highest BCUT2D eigenvalue weighted by atomic mass is 35.5. The summed E-state index contributed by atoms with van der Waals surface area (Å²) >= 11 is 7.57. The Labute approximate surface area is 182 Å². The van der Waals surface area contributed by atoms with E-state index in [1.165, 1.54) is 24.7 Å². The molecule has 2 rings (SSSR count). The van der Waals surface area contributed by atoms with Crippen molar-refractivity contribution in [3.8, 4) is 11.5 Å². The molecule has 0 aliphatic carbocycles. The molecular formula is C19H22ClN3O6S. The van der Waals surface area contributed by atoms with Gasteiger partial charge in [-0.05, 0) is 31.5 Å². The maximum atomic E-state index is 11.5. The number of thiazole rings is 1. The number of rotatable bonds is 11. The van der Waals surface area contributed by atoms with Crippen molar-refractivity contribution in [2.45, 2.75) is 20.3 Å². The van der Waals surface area contributed by atoms with Crippen LogP contribution in [0.3, 0.4) is 0 Å². The molecule has 0 spiro atoms. The summed E-state index contributed by atoms with van der Waals surface area (Å²) < 4.78 is 20.4. The van der Waals surface area contributed by atoms with Gasteiger partial charge in [0.2, 0.25) is 5.13 Å². The lowest BCUT2D eigenvalue weighted by Crippen LogP contribution is -2.15. The molecule has 0 aliphatic rings. The molecule has 1 N–H and O–H groups in total. The highest BCUT2D eigenvalue weighted by Gasteiger charge is 2.14. The molecule has 0 saturated carbocycles. The summed E-state index contributed by atoms with van der Waals surface area (Å²) in [6.45, 7) is 3.77. The molecule has 0 bridgehead atoms. The van der Waals surface area contributed by atoms with Gasteiger partial charge in [0.15, 0.2) is 18.1 Å². The second kappa shape index (κ2) is 12.0. The molecule has 0 aliphatic heterocycles. The Balaban J connectivity index is 2.00. The normalized spacial score (nSPS) is 10.7. The van der Waals surface area contributed by atoms with E-state index >= 15 is 0 Å². The van der Waals surface area contributed by atoms with Gasteiger partial charge in [0.25, 0.3) is 0 Å². The van der Waals surface area contributed by atoms with Crippen LogP contribution in [0.2, 0.25) is 5.02 Å². The molecule has 1 heterocycles. The Bertz CT molecular complexity index is 902. The molecule has 1 aromatic heterocycles. The predicted molar refractivity (Wildman–Crippen MR) is 114 cm³/mol. The average molecular weight is 456 g/mol. The van der Waals surface area contributed by atoms with Crippen molar-refractivity contribution in [3.63, 3.8) is 0 Å². The number of nitrogens with zero attached hydrogens (tertiary/aromatic N) is 2. The zero-order valence-corrected chi connectivity index (χ0v) is 18.3. The smallest absolute Gasteiger partial charge is 0.344 e. The summed E-state index contributed by atoms with van der Waals surface area (Å²) in [6.07, 6.45) is 1.63. The van der Waals surface area contributed by atoms with E-state index in [0.29, 0.717) is 28.7 Å². The van der Waals surface area contributed by atoms with Gasteiger partial charge in [-0.2, -0.15) is 5.10 Å². The molecule has 11 heteroatoms. The van der Waals surface area contributed by atoms with Crippen molar-refractivity contribution in [3.05, 3.63) is 33.8 Å². The van der Waals surface area contributed by atoms with Gasteiger partial charge < -0.3 is 18.9 Å². The van der Waals surface area contributed by atoms with Crippen molar-refractivity contribution in [2.75, 3.05) is 32.4 Å². The van der Waals surface area contributed by atoms with E-state index in [0.717, 1.165) is 0 Å². The summed E-state index contributed by atoms with van der Waals surface area (Å²) in [6, 6.07) is 3.27. The highest BCUT2D eigenvalue weighted by Crippen LogP contribution is 2.36. The number of hydrazone groups is 1. The van der Waals surface area contributed by atoms with Gasteiger partial charge >= 0.3 is 11.9 Å². The number of benzene rings is 1. The molecule has 30 heavy (non-hydrogen) atoms. The van der Waals surface area contributed by atoms with Gasteiger partial charge in [0.1, 0.15) is 0 Å². The minimum atomic E-state index is -0.503. The first-order valence-electron chi connectivity index (χ1n) is 9.01. The summed E-state index contributed by atoms with van der Waals surface area (Å²) in [5.41, 5.74) is 4.03. The minimum absolute atomic E-state index is 0.107. The molecule has 162 valence electrons. The first kappa shape index (κ1) is 23.4. The van der Waals surface area contributed by atoms with Gasteiger partial charge in [0.05, 0.1) is 43.7 Å². The standard InChI is InChI=1S/C19H22ClN3O6S/c1-4-27-16(24)8-13-11-30-19(22-13)23-21-9-12-6-14(20)18(15(7-12)26-3)29-10-17(25)28-5-2/h6-7,9,11H,4-5,8,10H2,1-3H3,(H,22,23). The van der Waals surface area contributed by atoms with E-state index in [1.54, 1.807) is 31.4 Å². The largest absolute Gasteiger partial charge is 0.493 e. The van der Waals surface area contributed by atoms with E-state index in [9.17, 15) is 9.59 Å². The number of ether oxygens (including phenoxy) is 4. The van der Waals surface area contributed by atoms with Gasteiger partial charge in [-0.15, -0.1) is 11.3 Å². The second-order valence-corrected chi connectivity index (χ2v) is 6.89. The lowest BCUT2D eigenvalue weighted by molar-refractivity contribution is -0.145. The van der Waals surface area contributed by atoms with Crippen LogP contribution in [0.5, 0.6) is 11.5 Å². The Morgan fingerprint density at radius 1 is 1.23 bits per heavy atom. The molecule has 0 fully saturated rings. The van der Waals surface area contributed by atoms with Crippen LogP contribution in [0.25, 0.3) is 0 Å². The van der Waals surface area contributed by atoms with Crippen LogP contribution < -0.4 is 14.9 Å². The fraction of sp³-hybridized carbons (Fsp3) is 0.368. The number of nitrogens with one attached hydrogen (secondary N) is 1. The quantitative estimate of drug-likeness (QED) is 0.312. The lowest BCUT2D eigenvalue weighted by Gasteiger charge is -2.12. The molecule has 2 aromatic rings. The van der Waals surface area contributed by atoms with Crippen LogP contribution >= 0.6 is 22.9 Å². The first-order valence-corrected chi connectivity index (χ1v) is 10.3. The predicted octanol–water partition coefficient (Wildman–Crippen LogP) is 3.30. The Morgan fingerprint density at radius 3 is 2.67 bits per heavy atom. The third kappa shape index (κ3) is 7.20. The number of aromatic nitrogens is 1. The number of esters is 2. The number of hydrogen-bond donors (Lipinski definition) is 1.